The fraction of sp³-hybridized carbons (Fsp3) is 0.600. The molecule has 6 nitrogen and oxygen atoms in total. The Morgan fingerprint density at radius 1 is 1.23 bits per heavy atom. The summed E-state index contributed by atoms with van der Waals surface area (Å²) in [5, 5.41) is 0. The zero-order valence-electron chi connectivity index (χ0n) is 16.6. The van der Waals surface area contributed by atoms with E-state index in [0.29, 0.717) is 19.2 Å². The Labute approximate surface area is 157 Å². The number of carbonyl (C=O) groups is 2. The van der Waals surface area contributed by atoms with Crippen molar-refractivity contribution in [2.24, 2.45) is 0 Å². The number of carbonyl (C=O) groups excluding carboxylic acids is 2. The van der Waals surface area contributed by atoms with Crippen LogP contribution in [-0.4, -0.2) is 76.0 Å². The van der Waals surface area contributed by atoms with Crippen LogP contribution in [0.15, 0.2) is 24.3 Å². The minimum Gasteiger partial charge on any atom is -0.372 e. The van der Waals surface area contributed by atoms with Crippen LogP contribution in [-0.2, 0) is 20.9 Å². The number of rotatable bonds is 8. The summed E-state index contributed by atoms with van der Waals surface area (Å²) in [6.07, 6.45) is 2.15. The lowest BCUT2D eigenvalue weighted by molar-refractivity contribution is -0.135. The molecule has 0 saturated carbocycles. The third-order valence-electron chi connectivity index (χ3n) is 4.61. The second kappa shape index (κ2) is 11.6. The van der Waals surface area contributed by atoms with Crippen LogP contribution in [0.5, 0.6) is 0 Å². The van der Waals surface area contributed by atoms with Gasteiger partial charge in [0, 0.05) is 45.0 Å². The number of hydrogen-bond donors (Lipinski definition) is 0. The van der Waals surface area contributed by atoms with E-state index < -0.39 is 0 Å². The molecule has 0 aliphatic carbocycles. The van der Waals surface area contributed by atoms with Gasteiger partial charge in [-0.3, -0.25) is 4.79 Å². The van der Waals surface area contributed by atoms with Gasteiger partial charge < -0.3 is 24.2 Å². The Morgan fingerprint density at radius 2 is 1.88 bits per heavy atom. The van der Waals surface area contributed by atoms with Crippen molar-refractivity contribution in [3.63, 3.8) is 0 Å². The van der Waals surface area contributed by atoms with Crippen LogP contribution in [0, 0.1) is 0 Å². The van der Waals surface area contributed by atoms with Crippen molar-refractivity contribution in [3.05, 3.63) is 29.8 Å². The molecule has 0 radical (unpaired) electrons. The van der Waals surface area contributed by atoms with Gasteiger partial charge in [-0.05, 0) is 44.6 Å². The van der Waals surface area contributed by atoms with E-state index in [1.54, 1.807) is 4.90 Å². The first-order valence-electron chi connectivity index (χ1n) is 9.12. The largest absolute Gasteiger partial charge is 0.372 e. The summed E-state index contributed by atoms with van der Waals surface area (Å²) in [7, 11) is 6.12. The van der Waals surface area contributed by atoms with Crippen molar-refractivity contribution in [1.29, 1.82) is 0 Å². The first kappa shape index (κ1) is 22.1. The first-order valence-corrected chi connectivity index (χ1v) is 9.12. The van der Waals surface area contributed by atoms with E-state index in [1.807, 2.05) is 20.8 Å². The van der Waals surface area contributed by atoms with Crippen LogP contribution in [0.4, 0.5) is 5.69 Å². The normalized spacial score (nSPS) is 16.3. The van der Waals surface area contributed by atoms with E-state index in [0.717, 1.165) is 25.1 Å². The highest BCUT2D eigenvalue weighted by molar-refractivity contribution is 5.77. The Balaban J connectivity index is 0.00000163. The number of nitrogens with zero attached hydrogens (tertiary/aromatic N) is 3. The highest BCUT2D eigenvalue weighted by atomic mass is 16.5. The Hall–Kier alpha value is -1.92. The van der Waals surface area contributed by atoms with Gasteiger partial charge in [-0.25, -0.2) is 0 Å². The second-order valence-electron chi connectivity index (χ2n) is 6.82. The topological polar surface area (TPSA) is 53.1 Å². The van der Waals surface area contributed by atoms with Gasteiger partial charge >= 0.3 is 0 Å². The predicted octanol–water partition coefficient (Wildman–Crippen LogP) is 2.03. The Morgan fingerprint density at radius 3 is 2.42 bits per heavy atom. The lowest BCUT2D eigenvalue weighted by Gasteiger charge is -2.22. The van der Waals surface area contributed by atoms with E-state index in [4.69, 9.17) is 9.53 Å². The van der Waals surface area contributed by atoms with E-state index in [2.05, 4.69) is 48.2 Å². The van der Waals surface area contributed by atoms with Crippen LogP contribution in [0.1, 0.15) is 25.3 Å². The minimum absolute atomic E-state index is 0.0286. The maximum atomic E-state index is 12.0. The van der Waals surface area contributed by atoms with Gasteiger partial charge in [0.1, 0.15) is 13.4 Å². The Bertz CT molecular complexity index is 534. The SMILES string of the molecule is C=O.CCCOCC(=O)N(C)Cc1ccc(N2CCC(N(C)C)C2)cc1. The Kier molecular flexibility index (Phi) is 9.91. The van der Waals surface area contributed by atoms with E-state index in [-0.39, 0.29) is 12.5 Å². The smallest absolute Gasteiger partial charge is 0.248 e. The zero-order chi connectivity index (χ0) is 19.5. The fourth-order valence-electron chi connectivity index (χ4n) is 2.99. The average Bonchev–Trinajstić information content (AvgIpc) is 3.14. The molecule has 0 aromatic heterocycles. The number of likely N-dealkylation sites (N-methyl/N-ethyl adjacent to an activating group) is 2. The van der Waals surface area contributed by atoms with Gasteiger partial charge in [-0.1, -0.05) is 19.1 Å². The zero-order valence-corrected chi connectivity index (χ0v) is 16.6. The molecule has 26 heavy (non-hydrogen) atoms. The van der Waals surface area contributed by atoms with Crippen molar-refractivity contribution in [2.75, 3.05) is 52.3 Å². The summed E-state index contributed by atoms with van der Waals surface area (Å²) < 4.78 is 5.32. The summed E-state index contributed by atoms with van der Waals surface area (Å²) in [4.78, 5) is 26.4. The molecule has 1 heterocycles. The summed E-state index contributed by atoms with van der Waals surface area (Å²) >= 11 is 0. The maximum Gasteiger partial charge on any atom is 0.248 e. The molecule has 6 heteroatoms. The molecule has 0 spiro atoms. The number of benzene rings is 1. The monoisotopic (exact) mass is 363 g/mol. The third kappa shape index (κ3) is 6.77. The molecule has 2 rings (SSSR count). The average molecular weight is 364 g/mol. The van der Waals surface area contributed by atoms with Gasteiger partial charge in [-0.2, -0.15) is 0 Å². The lowest BCUT2D eigenvalue weighted by atomic mass is 10.2. The molecule has 1 fully saturated rings. The first-order chi connectivity index (χ1) is 12.5. The van der Waals surface area contributed by atoms with Crippen LogP contribution >= 0.6 is 0 Å². The quantitative estimate of drug-likeness (QED) is 0.662. The summed E-state index contributed by atoms with van der Waals surface area (Å²) in [5.74, 6) is 0.0286. The maximum absolute atomic E-state index is 12.0. The van der Waals surface area contributed by atoms with Crippen LogP contribution in [0.3, 0.4) is 0 Å². The molecule has 146 valence electrons. The van der Waals surface area contributed by atoms with Crippen molar-refractivity contribution in [1.82, 2.24) is 9.80 Å². The van der Waals surface area contributed by atoms with E-state index in [9.17, 15) is 4.79 Å². The minimum atomic E-state index is 0.0286. The van der Waals surface area contributed by atoms with Gasteiger partial charge in [0.25, 0.3) is 0 Å². The van der Waals surface area contributed by atoms with Gasteiger partial charge in [0.2, 0.25) is 5.91 Å². The molecule has 1 aromatic rings. The highest BCUT2D eigenvalue weighted by Crippen LogP contribution is 2.22. The number of hydrogen-bond acceptors (Lipinski definition) is 5. The number of anilines is 1. The van der Waals surface area contributed by atoms with Crippen molar-refractivity contribution in [3.8, 4) is 0 Å². The standard InChI is InChI=1S/C19H31N3O2.CH2O/c1-5-12-24-15-19(23)21(4)13-16-6-8-17(9-7-16)22-11-10-18(14-22)20(2)3;1-2/h6-9,18H,5,10-15H2,1-4H3;1H2. The van der Waals surface area contributed by atoms with Gasteiger partial charge in [-0.15, -0.1) is 0 Å². The molecule has 1 aliphatic rings. The third-order valence-corrected chi connectivity index (χ3v) is 4.61. The summed E-state index contributed by atoms with van der Waals surface area (Å²) in [6, 6.07) is 9.21. The molecule has 1 unspecified atom stereocenters. The van der Waals surface area contributed by atoms with Crippen molar-refractivity contribution < 1.29 is 14.3 Å². The fourth-order valence-corrected chi connectivity index (χ4v) is 2.99. The van der Waals surface area contributed by atoms with Crippen LogP contribution in [0.25, 0.3) is 0 Å². The molecule has 0 N–H and O–H groups in total. The lowest BCUT2D eigenvalue weighted by Crippen LogP contribution is -2.31. The van der Waals surface area contributed by atoms with E-state index in [1.165, 1.54) is 12.1 Å². The summed E-state index contributed by atoms with van der Waals surface area (Å²) in [5.41, 5.74) is 2.41. The predicted molar refractivity (Wildman–Crippen MR) is 105 cm³/mol. The van der Waals surface area contributed by atoms with Gasteiger partial charge in [0.05, 0.1) is 0 Å². The number of amides is 1. The molecular formula is C20H33N3O3. The van der Waals surface area contributed by atoms with Crippen molar-refractivity contribution >= 4 is 18.4 Å². The molecular weight excluding hydrogens is 330 g/mol. The molecule has 1 aliphatic heterocycles. The van der Waals surface area contributed by atoms with Gasteiger partial charge in [0.15, 0.2) is 0 Å². The molecule has 1 saturated heterocycles. The summed E-state index contributed by atoms with van der Waals surface area (Å²) in [6.45, 7) is 7.65. The van der Waals surface area contributed by atoms with Crippen LogP contribution in [0.2, 0.25) is 0 Å². The van der Waals surface area contributed by atoms with Crippen molar-refractivity contribution in [2.45, 2.75) is 32.4 Å². The van der Waals surface area contributed by atoms with Crippen LogP contribution < -0.4 is 4.90 Å². The highest BCUT2D eigenvalue weighted by Gasteiger charge is 2.23. The molecule has 1 aromatic carbocycles. The van der Waals surface area contributed by atoms with E-state index >= 15 is 0 Å². The molecule has 0 bridgehead atoms. The second-order valence-corrected chi connectivity index (χ2v) is 6.82. The number of ether oxygens (including phenoxy) is 1. The molecule has 1 amide bonds. The molecule has 1 atom stereocenters.